The predicted octanol–water partition coefficient (Wildman–Crippen LogP) is 3.17. The van der Waals surface area contributed by atoms with E-state index in [-0.39, 0.29) is 29.7 Å². The van der Waals surface area contributed by atoms with Gasteiger partial charge in [0.25, 0.3) is 0 Å². The van der Waals surface area contributed by atoms with Crippen molar-refractivity contribution >= 4 is 11.8 Å². The number of hydrogen-bond acceptors (Lipinski definition) is 6. The van der Waals surface area contributed by atoms with Crippen molar-refractivity contribution in [3.05, 3.63) is 17.5 Å². The molecule has 0 saturated carbocycles. The summed E-state index contributed by atoms with van der Waals surface area (Å²) in [5.74, 6) is -0.528. The molecule has 1 aliphatic heterocycles. The molecule has 152 valence electrons. The molecule has 0 spiro atoms. The number of nitrogens with zero attached hydrogens (tertiary/aromatic N) is 3. The first kappa shape index (κ1) is 21.6. The summed E-state index contributed by atoms with van der Waals surface area (Å²) in [6.07, 6.45) is 2.72. The van der Waals surface area contributed by atoms with E-state index in [2.05, 4.69) is 32.8 Å². The lowest BCUT2D eigenvalue weighted by molar-refractivity contribution is -0.303. The Balaban J connectivity index is 2.21. The zero-order valence-electron chi connectivity index (χ0n) is 17.7. The van der Waals surface area contributed by atoms with Crippen molar-refractivity contribution in [1.82, 2.24) is 15.0 Å². The minimum absolute atomic E-state index is 0.0136. The van der Waals surface area contributed by atoms with Gasteiger partial charge in [-0.1, -0.05) is 4.85 Å². The molecule has 1 unspecified atom stereocenters. The van der Waals surface area contributed by atoms with Crippen LogP contribution in [0.3, 0.4) is 0 Å². The third-order valence-electron chi connectivity index (χ3n) is 5.08. The van der Waals surface area contributed by atoms with Gasteiger partial charge in [0.05, 0.1) is 11.4 Å². The molecular formula is C20H33N3O4. The van der Waals surface area contributed by atoms with Gasteiger partial charge in [-0.05, 0) is 80.2 Å². The molecule has 2 heterocycles. The predicted molar refractivity (Wildman–Crippen MR) is 102 cm³/mol. The second kappa shape index (κ2) is 8.10. The fourth-order valence-corrected chi connectivity index (χ4v) is 3.78. The fourth-order valence-electron chi connectivity index (χ4n) is 3.78. The van der Waals surface area contributed by atoms with Crippen LogP contribution in [0.4, 0.5) is 0 Å². The summed E-state index contributed by atoms with van der Waals surface area (Å²) in [7, 11) is 0. The van der Waals surface area contributed by atoms with Gasteiger partial charge >= 0.3 is 5.97 Å². The van der Waals surface area contributed by atoms with E-state index in [1.165, 1.54) is 11.8 Å². The summed E-state index contributed by atoms with van der Waals surface area (Å²) in [6, 6.07) is 1.83. The number of ketones is 1. The monoisotopic (exact) mass is 379 g/mol. The summed E-state index contributed by atoms with van der Waals surface area (Å²) in [6.45, 7) is 13.6. The van der Waals surface area contributed by atoms with Crippen molar-refractivity contribution < 1.29 is 19.3 Å². The molecule has 0 radical (unpaired) electrons. The smallest absolute Gasteiger partial charge is 0.316 e. The molecule has 1 fully saturated rings. The van der Waals surface area contributed by atoms with Crippen molar-refractivity contribution in [3.63, 3.8) is 0 Å². The van der Waals surface area contributed by atoms with E-state index in [0.717, 1.165) is 30.7 Å². The first-order chi connectivity index (χ1) is 12.4. The van der Waals surface area contributed by atoms with Crippen LogP contribution in [0.1, 0.15) is 78.1 Å². The third kappa shape index (κ3) is 5.39. The number of aryl methyl sites for hydroxylation is 2. The number of aromatic nitrogens is 2. The van der Waals surface area contributed by atoms with Crippen LogP contribution < -0.4 is 4.84 Å². The van der Waals surface area contributed by atoms with E-state index in [4.69, 9.17) is 9.68 Å². The largest absolute Gasteiger partial charge is 0.365 e. The lowest BCUT2D eigenvalue weighted by Crippen LogP contribution is -2.60. The van der Waals surface area contributed by atoms with Crippen LogP contribution in [0, 0.1) is 13.8 Å². The molecule has 1 aromatic rings. The number of rotatable bonds is 7. The number of carbonyl (C=O) groups is 2. The topological polar surface area (TPSA) is 73.7 Å². The second-order valence-electron chi connectivity index (χ2n) is 8.82. The molecule has 7 heteroatoms. The van der Waals surface area contributed by atoms with Gasteiger partial charge in [-0.15, -0.1) is 5.10 Å². The molecule has 0 aliphatic carbocycles. The standard InChI is InChI=1S/C20H33N3O4/c1-14-13-15(2)22(21-14)27-18(25)17(10-9-16(3)24)26-23-19(4,5)11-8-12-20(23,6)7/h13,17H,8-12H2,1-7H3. The van der Waals surface area contributed by atoms with Crippen molar-refractivity contribution in [2.24, 2.45) is 0 Å². The number of carbonyl (C=O) groups excluding carboxylic acids is 2. The van der Waals surface area contributed by atoms with Gasteiger partial charge in [-0.25, -0.2) is 4.79 Å². The SMILES string of the molecule is CC(=O)CCC(ON1C(C)(C)CCCC1(C)C)C(=O)On1nc(C)cc1C. The molecule has 2 rings (SSSR count). The maximum absolute atomic E-state index is 12.8. The molecule has 0 aromatic carbocycles. The van der Waals surface area contributed by atoms with E-state index in [1.807, 2.05) is 25.0 Å². The Morgan fingerprint density at radius 1 is 1.19 bits per heavy atom. The molecule has 0 amide bonds. The molecule has 0 N–H and O–H groups in total. The average Bonchev–Trinajstić information content (AvgIpc) is 2.82. The molecule has 27 heavy (non-hydrogen) atoms. The summed E-state index contributed by atoms with van der Waals surface area (Å²) >= 11 is 0. The van der Waals surface area contributed by atoms with Gasteiger partial charge < -0.3 is 9.63 Å². The van der Waals surface area contributed by atoms with Crippen molar-refractivity contribution in [2.45, 2.75) is 97.8 Å². The molecule has 1 aromatic heterocycles. The second-order valence-corrected chi connectivity index (χ2v) is 8.82. The van der Waals surface area contributed by atoms with E-state index < -0.39 is 12.1 Å². The minimum Gasteiger partial charge on any atom is -0.316 e. The Kier molecular flexibility index (Phi) is 6.47. The van der Waals surface area contributed by atoms with E-state index in [9.17, 15) is 9.59 Å². The van der Waals surface area contributed by atoms with Crippen LogP contribution >= 0.6 is 0 Å². The van der Waals surface area contributed by atoms with Gasteiger partial charge in [0, 0.05) is 17.5 Å². The minimum atomic E-state index is -0.866. The average molecular weight is 380 g/mol. The normalized spacial score (nSPS) is 20.3. The Hall–Kier alpha value is -1.73. The first-order valence-electron chi connectivity index (χ1n) is 9.64. The van der Waals surface area contributed by atoms with Crippen LogP contribution in [-0.4, -0.2) is 43.9 Å². The van der Waals surface area contributed by atoms with Crippen LogP contribution in [0.25, 0.3) is 0 Å². The van der Waals surface area contributed by atoms with E-state index >= 15 is 0 Å². The molecule has 1 atom stereocenters. The van der Waals surface area contributed by atoms with Crippen LogP contribution in [0.5, 0.6) is 0 Å². The molecule has 0 bridgehead atoms. The lowest BCUT2D eigenvalue weighted by Gasteiger charge is -2.52. The molecule has 1 saturated heterocycles. The quantitative estimate of drug-likeness (QED) is 0.724. The van der Waals surface area contributed by atoms with E-state index in [0.29, 0.717) is 0 Å². The first-order valence-corrected chi connectivity index (χ1v) is 9.64. The zero-order chi connectivity index (χ0) is 20.4. The van der Waals surface area contributed by atoms with Crippen LogP contribution in [-0.2, 0) is 14.4 Å². The van der Waals surface area contributed by atoms with Crippen molar-refractivity contribution in [1.29, 1.82) is 0 Å². The fraction of sp³-hybridized carbons (Fsp3) is 0.750. The Labute approximate surface area is 161 Å². The van der Waals surface area contributed by atoms with Gasteiger partial charge in [-0.2, -0.15) is 5.06 Å². The summed E-state index contributed by atoms with van der Waals surface area (Å²) in [4.78, 5) is 37.2. The van der Waals surface area contributed by atoms with Gasteiger partial charge in [0.15, 0.2) is 6.10 Å². The lowest BCUT2D eigenvalue weighted by atomic mass is 9.82. The maximum atomic E-state index is 12.8. The zero-order valence-corrected chi connectivity index (χ0v) is 17.7. The Morgan fingerprint density at radius 3 is 2.26 bits per heavy atom. The third-order valence-corrected chi connectivity index (χ3v) is 5.08. The highest BCUT2D eigenvalue weighted by Crippen LogP contribution is 2.39. The van der Waals surface area contributed by atoms with Crippen molar-refractivity contribution in [3.8, 4) is 0 Å². The van der Waals surface area contributed by atoms with Gasteiger partial charge in [0.2, 0.25) is 0 Å². The summed E-state index contributed by atoms with van der Waals surface area (Å²) < 4.78 is 0. The number of hydrogen-bond donors (Lipinski definition) is 0. The number of piperidine rings is 1. The molecular weight excluding hydrogens is 346 g/mol. The molecule has 1 aliphatic rings. The van der Waals surface area contributed by atoms with Crippen LogP contribution in [0.2, 0.25) is 0 Å². The highest BCUT2D eigenvalue weighted by molar-refractivity contribution is 5.78. The number of hydroxylamine groups is 2. The maximum Gasteiger partial charge on any atom is 0.365 e. The molecule has 7 nitrogen and oxygen atoms in total. The highest BCUT2D eigenvalue weighted by Gasteiger charge is 2.44. The van der Waals surface area contributed by atoms with Gasteiger partial charge in [0.1, 0.15) is 5.78 Å². The van der Waals surface area contributed by atoms with Crippen molar-refractivity contribution in [2.75, 3.05) is 0 Å². The highest BCUT2D eigenvalue weighted by atomic mass is 16.7. The van der Waals surface area contributed by atoms with Gasteiger partial charge in [-0.3, -0.25) is 4.84 Å². The summed E-state index contributed by atoms with van der Waals surface area (Å²) in [5.41, 5.74) is 1.06. The Bertz CT molecular complexity index is 677. The van der Waals surface area contributed by atoms with E-state index in [1.54, 1.807) is 0 Å². The number of Topliss-reactive ketones (excluding diaryl/α,β-unsaturated/α-hetero) is 1. The Morgan fingerprint density at radius 2 is 1.78 bits per heavy atom. The van der Waals surface area contributed by atoms with Crippen LogP contribution in [0.15, 0.2) is 6.07 Å². The summed E-state index contributed by atoms with van der Waals surface area (Å²) in [5, 5.41) is 6.10.